The summed E-state index contributed by atoms with van der Waals surface area (Å²) in [6.07, 6.45) is 2.44. The van der Waals surface area contributed by atoms with Gasteiger partial charge in [-0.25, -0.2) is 4.79 Å². The van der Waals surface area contributed by atoms with E-state index in [-0.39, 0.29) is 24.7 Å². The molecular weight excluding hydrogens is 311 g/mol. The molecule has 6 heteroatoms. The van der Waals surface area contributed by atoms with Crippen LogP contribution in [0.4, 0.5) is 4.79 Å². The van der Waals surface area contributed by atoms with Crippen molar-refractivity contribution >= 4 is 29.2 Å². The highest BCUT2D eigenvalue weighted by atomic mass is 35.5. The topological polar surface area (TPSA) is 52.6 Å². The maximum Gasteiger partial charge on any atom is 0.317 e. The molecule has 1 aliphatic heterocycles. The maximum absolute atomic E-state index is 12.2. The summed E-state index contributed by atoms with van der Waals surface area (Å²) in [7, 11) is 0. The zero-order valence-electron chi connectivity index (χ0n) is 12.0. The maximum atomic E-state index is 12.2. The Balaban J connectivity index is 1.92. The van der Waals surface area contributed by atoms with Crippen LogP contribution in [0.1, 0.15) is 25.3 Å². The quantitative estimate of drug-likeness (QED) is 0.891. The molecule has 2 rings (SSSR count). The summed E-state index contributed by atoms with van der Waals surface area (Å²) < 4.78 is 0. The number of urea groups is 1. The first-order valence-corrected chi connectivity index (χ1v) is 7.88. The number of nitrogens with zero attached hydrogens (tertiary/aromatic N) is 1. The van der Waals surface area contributed by atoms with E-state index in [1.807, 2.05) is 13.0 Å². The zero-order chi connectivity index (χ0) is 15.4. The molecule has 21 heavy (non-hydrogen) atoms. The molecule has 0 radical (unpaired) electrons. The monoisotopic (exact) mass is 330 g/mol. The van der Waals surface area contributed by atoms with Crippen LogP contribution in [0.25, 0.3) is 0 Å². The number of hydrogen-bond acceptors (Lipinski definition) is 2. The Morgan fingerprint density at radius 3 is 2.95 bits per heavy atom. The Hall–Kier alpha value is -0.970. The standard InChI is InChI=1S/C15H20Cl2N2O2/c1-10(7-11-4-5-12(16)8-14(11)17)18-15(21)19-6-2-3-13(19)9-20/h4-5,8,10,13,20H,2-3,6-7,9H2,1H3,(H,18,21). The number of likely N-dealkylation sites (tertiary alicyclic amines) is 1. The minimum atomic E-state index is -0.121. The lowest BCUT2D eigenvalue weighted by Gasteiger charge is -2.25. The number of aliphatic hydroxyl groups excluding tert-OH is 1. The van der Waals surface area contributed by atoms with Crippen LogP contribution in [0.5, 0.6) is 0 Å². The van der Waals surface area contributed by atoms with Crippen LogP contribution in [-0.2, 0) is 6.42 Å². The summed E-state index contributed by atoms with van der Waals surface area (Å²) in [6.45, 7) is 2.66. The van der Waals surface area contributed by atoms with E-state index in [0.717, 1.165) is 18.4 Å². The van der Waals surface area contributed by atoms with E-state index >= 15 is 0 Å². The highest BCUT2D eigenvalue weighted by Crippen LogP contribution is 2.22. The second kappa shape index (κ2) is 7.34. The molecule has 1 heterocycles. The van der Waals surface area contributed by atoms with Gasteiger partial charge >= 0.3 is 6.03 Å². The zero-order valence-corrected chi connectivity index (χ0v) is 13.5. The highest BCUT2D eigenvalue weighted by Gasteiger charge is 2.28. The first kappa shape index (κ1) is 16.4. The smallest absolute Gasteiger partial charge is 0.317 e. The number of benzene rings is 1. The predicted octanol–water partition coefficient (Wildman–Crippen LogP) is 3.09. The summed E-state index contributed by atoms with van der Waals surface area (Å²) in [5.74, 6) is 0. The van der Waals surface area contributed by atoms with Gasteiger partial charge in [0, 0.05) is 22.6 Å². The van der Waals surface area contributed by atoms with E-state index in [1.54, 1.807) is 17.0 Å². The number of hydrogen-bond donors (Lipinski definition) is 2. The molecule has 2 atom stereocenters. The number of halogens is 2. The fraction of sp³-hybridized carbons (Fsp3) is 0.533. The van der Waals surface area contributed by atoms with E-state index in [1.165, 1.54) is 0 Å². The van der Waals surface area contributed by atoms with Crippen molar-refractivity contribution in [3.05, 3.63) is 33.8 Å². The third kappa shape index (κ3) is 4.25. The van der Waals surface area contributed by atoms with Crippen LogP contribution in [0.15, 0.2) is 18.2 Å². The van der Waals surface area contributed by atoms with Crippen molar-refractivity contribution in [2.24, 2.45) is 0 Å². The van der Waals surface area contributed by atoms with Gasteiger partial charge in [0.15, 0.2) is 0 Å². The number of carbonyl (C=O) groups is 1. The average molecular weight is 331 g/mol. The Morgan fingerprint density at radius 2 is 2.29 bits per heavy atom. The van der Waals surface area contributed by atoms with Crippen LogP contribution >= 0.6 is 23.2 Å². The number of rotatable bonds is 4. The van der Waals surface area contributed by atoms with Crippen LogP contribution in [-0.4, -0.2) is 41.3 Å². The molecule has 0 spiro atoms. The fourth-order valence-corrected chi connectivity index (χ4v) is 3.14. The van der Waals surface area contributed by atoms with Crippen LogP contribution in [0, 0.1) is 0 Å². The van der Waals surface area contributed by atoms with E-state index < -0.39 is 0 Å². The summed E-state index contributed by atoms with van der Waals surface area (Å²) in [6, 6.07) is 5.14. The van der Waals surface area contributed by atoms with Gasteiger partial charge in [0.2, 0.25) is 0 Å². The molecule has 1 aromatic carbocycles. The first-order valence-electron chi connectivity index (χ1n) is 7.13. The molecule has 1 fully saturated rings. The van der Waals surface area contributed by atoms with Crippen molar-refractivity contribution < 1.29 is 9.90 Å². The second-order valence-corrected chi connectivity index (χ2v) is 6.31. The van der Waals surface area contributed by atoms with Crippen LogP contribution < -0.4 is 5.32 Å². The molecule has 116 valence electrons. The lowest BCUT2D eigenvalue weighted by Crippen LogP contribution is -2.47. The Labute approximate surface area is 135 Å². The Kier molecular flexibility index (Phi) is 5.73. The van der Waals surface area contributed by atoms with E-state index in [4.69, 9.17) is 23.2 Å². The third-order valence-electron chi connectivity index (χ3n) is 3.76. The molecule has 2 N–H and O–H groups in total. The van der Waals surface area contributed by atoms with Gasteiger partial charge in [-0.05, 0) is 43.9 Å². The van der Waals surface area contributed by atoms with Gasteiger partial charge in [-0.15, -0.1) is 0 Å². The molecule has 1 aliphatic rings. The molecule has 1 aromatic rings. The summed E-state index contributed by atoms with van der Waals surface area (Å²) in [5, 5.41) is 13.4. The number of amides is 2. The third-order valence-corrected chi connectivity index (χ3v) is 4.35. The number of nitrogens with one attached hydrogen (secondary N) is 1. The van der Waals surface area contributed by atoms with Crippen molar-refractivity contribution in [3.63, 3.8) is 0 Å². The van der Waals surface area contributed by atoms with Gasteiger partial charge in [-0.2, -0.15) is 0 Å². The van der Waals surface area contributed by atoms with Crippen molar-refractivity contribution in [2.45, 2.75) is 38.3 Å². The number of aliphatic hydroxyl groups is 1. The molecule has 0 aliphatic carbocycles. The van der Waals surface area contributed by atoms with Crippen LogP contribution in [0.3, 0.4) is 0 Å². The van der Waals surface area contributed by atoms with Gasteiger partial charge < -0.3 is 15.3 Å². The molecule has 4 nitrogen and oxygen atoms in total. The van der Waals surface area contributed by atoms with Gasteiger partial charge in [0.25, 0.3) is 0 Å². The van der Waals surface area contributed by atoms with E-state index in [9.17, 15) is 9.90 Å². The van der Waals surface area contributed by atoms with Crippen molar-refractivity contribution in [1.29, 1.82) is 0 Å². The SMILES string of the molecule is CC(Cc1ccc(Cl)cc1Cl)NC(=O)N1CCCC1CO. The molecule has 2 amide bonds. The summed E-state index contributed by atoms with van der Waals surface area (Å²) >= 11 is 12.0. The molecule has 1 saturated heterocycles. The average Bonchev–Trinajstić information content (AvgIpc) is 2.90. The van der Waals surface area contributed by atoms with Crippen molar-refractivity contribution in [2.75, 3.05) is 13.2 Å². The largest absolute Gasteiger partial charge is 0.394 e. The van der Waals surface area contributed by atoms with E-state index in [0.29, 0.717) is 23.0 Å². The predicted molar refractivity (Wildman–Crippen MR) is 85.0 cm³/mol. The Morgan fingerprint density at radius 1 is 1.52 bits per heavy atom. The van der Waals surface area contributed by atoms with Gasteiger partial charge in [-0.3, -0.25) is 0 Å². The highest BCUT2D eigenvalue weighted by molar-refractivity contribution is 6.35. The summed E-state index contributed by atoms with van der Waals surface area (Å²) in [4.78, 5) is 13.9. The number of carbonyl (C=O) groups excluding carboxylic acids is 1. The van der Waals surface area contributed by atoms with E-state index in [2.05, 4.69) is 5.32 Å². The van der Waals surface area contributed by atoms with Gasteiger partial charge in [-0.1, -0.05) is 29.3 Å². The minimum Gasteiger partial charge on any atom is -0.394 e. The first-order chi connectivity index (χ1) is 10.0. The van der Waals surface area contributed by atoms with Crippen molar-refractivity contribution in [3.8, 4) is 0 Å². The molecular formula is C15H20Cl2N2O2. The molecule has 0 aromatic heterocycles. The summed E-state index contributed by atoms with van der Waals surface area (Å²) in [5.41, 5.74) is 0.953. The molecule has 2 unspecified atom stereocenters. The van der Waals surface area contributed by atoms with Gasteiger partial charge in [0.1, 0.15) is 0 Å². The Bertz CT molecular complexity index is 510. The van der Waals surface area contributed by atoms with Crippen molar-refractivity contribution in [1.82, 2.24) is 10.2 Å². The molecule has 0 bridgehead atoms. The van der Waals surface area contributed by atoms with Gasteiger partial charge in [0.05, 0.1) is 12.6 Å². The minimum absolute atomic E-state index is 0.0187. The normalized spacial score (nSPS) is 19.6. The lowest BCUT2D eigenvalue weighted by atomic mass is 10.1. The lowest BCUT2D eigenvalue weighted by molar-refractivity contribution is 0.155. The fourth-order valence-electron chi connectivity index (χ4n) is 2.65. The molecule has 0 saturated carbocycles. The van der Waals surface area contributed by atoms with Crippen LogP contribution in [0.2, 0.25) is 10.0 Å². The second-order valence-electron chi connectivity index (χ2n) is 5.46.